The summed E-state index contributed by atoms with van der Waals surface area (Å²) in [6.07, 6.45) is 0. The summed E-state index contributed by atoms with van der Waals surface area (Å²) in [5.74, 6) is 0.137. The van der Waals surface area contributed by atoms with E-state index in [1.165, 1.54) is 6.07 Å². The molecule has 1 aromatic carbocycles. The fourth-order valence-corrected chi connectivity index (χ4v) is 1.21. The van der Waals surface area contributed by atoms with Crippen molar-refractivity contribution < 1.29 is 14.9 Å². The molecule has 3 nitrogen and oxygen atoms in total. The van der Waals surface area contributed by atoms with Crippen molar-refractivity contribution in [1.82, 2.24) is 0 Å². The average molecular weight is 203 g/mol. The Bertz CT molecular complexity index is 297. The molecule has 0 aliphatic heterocycles. The molecule has 0 aliphatic carbocycles. The summed E-state index contributed by atoms with van der Waals surface area (Å²) in [4.78, 5) is 0. The molecule has 0 bridgehead atoms. The van der Waals surface area contributed by atoms with Crippen LogP contribution >= 0.6 is 11.6 Å². The highest BCUT2D eigenvalue weighted by Crippen LogP contribution is 2.41. The van der Waals surface area contributed by atoms with Crippen molar-refractivity contribution >= 4 is 11.6 Å². The van der Waals surface area contributed by atoms with Crippen molar-refractivity contribution in [3.63, 3.8) is 0 Å². The molecule has 0 unspecified atom stereocenters. The summed E-state index contributed by atoms with van der Waals surface area (Å²) in [6.45, 7) is 3.85. The van der Waals surface area contributed by atoms with Crippen LogP contribution in [0.25, 0.3) is 0 Å². The molecule has 0 aromatic heterocycles. The van der Waals surface area contributed by atoms with Gasteiger partial charge in [0.05, 0.1) is 11.6 Å². The molecule has 1 rings (SSSR count). The SMILES string of the molecule is CCOc1c(C)c(O)cc(Cl)c1O. The van der Waals surface area contributed by atoms with E-state index in [4.69, 9.17) is 16.3 Å². The minimum absolute atomic E-state index is 0.0197. The molecule has 1 aromatic rings. The van der Waals surface area contributed by atoms with Gasteiger partial charge in [0.15, 0.2) is 11.5 Å². The summed E-state index contributed by atoms with van der Waals surface area (Å²) in [7, 11) is 0. The molecule has 72 valence electrons. The maximum atomic E-state index is 9.47. The summed E-state index contributed by atoms with van der Waals surface area (Å²) < 4.78 is 5.13. The lowest BCUT2D eigenvalue weighted by Gasteiger charge is -2.11. The molecule has 0 saturated carbocycles. The van der Waals surface area contributed by atoms with Crippen molar-refractivity contribution in [2.75, 3.05) is 6.61 Å². The van der Waals surface area contributed by atoms with E-state index in [0.717, 1.165) is 0 Å². The van der Waals surface area contributed by atoms with Crippen LogP contribution in [0.3, 0.4) is 0 Å². The van der Waals surface area contributed by atoms with E-state index in [0.29, 0.717) is 12.2 Å². The third-order valence-corrected chi connectivity index (χ3v) is 2.01. The summed E-state index contributed by atoms with van der Waals surface area (Å²) in [6, 6.07) is 1.29. The van der Waals surface area contributed by atoms with E-state index in [9.17, 15) is 10.2 Å². The first-order valence-corrected chi connectivity index (χ1v) is 4.29. The van der Waals surface area contributed by atoms with Crippen LogP contribution in [-0.4, -0.2) is 16.8 Å². The van der Waals surface area contributed by atoms with Crippen molar-refractivity contribution in [2.45, 2.75) is 13.8 Å². The monoisotopic (exact) mass is 202 g/mol. The zero-order valence-electron chi connectivity index (χ0n) is 7.47. The van der Waals surface area contributed by atoms with Gasteiger partial charge >= 0.3 is 0 Å². The topological polar surface area (TPSA) is 49.7 Å². The van der Waals surface area contributed by atoms with Crippen LogP contribution in [-0.2, 0) is 0 Å². The number of hydrogen-bond acceptors (Lipinski definition) is 3. The van der Waals surface area contributed by atoms with Crippen LogP contribution < -0.4 is 4.74 Å². The second kappa shape index (κ2) is 3.75. The zero-order valence-corrected chi connectivity index (χ0v) is 8.22. The number of phenols is 2. The van der Waals surface area contributed by atoms with Gasteiger partial charge in [-0.15, -0.1) is 0 Å². The number of ether oxygens (including phenoxy) is 1. The number of phenolic OH excluding ortho intramolecular Hbond substituents is 2. The molecule has 0 saturated heterocycles. The van der Waals surface area contributed by atoms with Crippen molar-refractivity contribution in [2.24, 2.45) is 0 Å². The largest absolute Gasteiger partial charge is 0.507 e. The highest BCUT2D eigenvalue weighted by atomic mass is 35.5. The maximum Gasteiger partial charge on any atom is 0.177 e. The lowest BCUT2D eigenvalue weighted by atomic mass is 10.2. The van der Waals surface area contributed by atoms with Gasteiger partial charge in [0, 0.05) is 11.6 Å². The summed E-state index contributed by atoms with van der Waals surface area (Å²) in [5, 5.41) is 18.9. The fourth-order valence-electron chi connectivity index (χ4n) is 1.02. The molecule has 2 N–H and O–H groups in total. The van der Waals surface area contributed by atoms with E-state index in [-0.39, 0.29) is 22.3 Å². The Labute approximate surface area is 81.5 Å². The molecule has 0 aliphatic rings. The molecular weight excluding hydrogens is 192 g/mol. The Balaban J connectivity index is 3.28. The zero-order chi connectivity index (χ0) is 10.0. The Morgan fingerprint density at radius 1 is 1.46 bits per heavy atom. The minimum atomic E-state index is -0.126. The third kappa shape index (κ3) is 1.80. The van der Waals surface area contributed by atoms with E-state index in [1.54, 1.807) is 13.8 Å². The summed E-state index contributed by atoms with van der Waals surface area (Å²) >= 11 is 5.64. The number of aromatic hydroxyl groups is 2. The first-order valence-electron chi connectivity index (χ1n) is 3.91. The van der Waals surface area contributed by atoms with E-state index in [2.05, 4.69) is 0 Å². The third-order valence-electron chi connectivity index (χ3n) is 1.72. The predicted molar refractivity (Wildman–Crippen MR) is 50.7 cm³/mol. The minimum Gasteiger partial charge on any atom is -0.507 e. The van der Waals surface area contributed by atoms with Gasteiger partial charge in [-0.25, -0.2) is 0 Å². The smallest absolute Gasteiger partial charge is 0.177 e. The average Bonchev–Trinajstić information content (AvgIpc) is 2.09. The number of hydrogen-bond donors (Lipinski definition) is 2. The van der Waals surface area contributed by atoms with Crippen LogP contribution in [0.2, 0.25) is 5.02 Å². The van der Waals surface area contributed by atoms with Gasteiger partial charge in [0.1, 0.15) is 5.75 Å². The van der Waals surface area contributed by atoms with Gasteiger partial charge in [-0.1, -0.05) is 11.6 Å². The molecular formula is C9H11ClO3. The second-order valence-corrected chi connectivity index (χ2v) is 3.02. The first-order chi connectivity index (χ1) is 6.07. The van der Waals surface area contributed by atoms with Gasteiger partial charge in [-0.2, -0.15) is 0 Å². The van der Waals surface area contributed by atoms with Gasteiger partial charge in [-0.3, -0.25) is 0 Å². The van der Waals surface area contributed by atoms with E-state index in [1.807, 2.05) is 0 Å². The van der Waals surface area contributed by atoms with Crippen LogP contribution in [0.5, 0.6) is 17.2 Å². The highest BCUT2D eigenvalue weighted by Gasteiger charge is 2.14. The molecule has 0 fully saturated rings. The quantitative estimate of drug-likeness (QED) is 0.725. The second-order valence-electron chi connectivity index (χ2n) is 2.61. The van der Waals surface area contributed by atoms with Crippen molar-refractivity contribution in [1.29, 1.82) is 0 Å². The molecule has 13 heavy (non-hydrogen) atoms. The van der Waals surface area contributed by atoms with Gasteiger partial charge in [-0.05, 0) is 13.8 Å². The molecule has 0 amide bonds. The lowest BCUT2D eigenvalue weighted by Crippen LogP contribution is -1.95. The van der Waals surface area contributed by atoms with Crippen LogP contribution in [0.4, 0.5) is 0 Å². The van der Waals surface area contributed by atoms with Crippen LogP contribution in [0, 0.1) is 6.92 Å². The molecule has 0 radical (unpaired) electrons. The molecule has 0 atom stereocenters. The standard InChI is InChI=1S/C9H11ClO3/c1-3-13-9-5(2)7(11)4-6(10)8(9)12/h4,11-12H,3H2,1-2H3. The van der Waals surface area contributed by atoms with E-state index >= 15 is 0 Å². The van der Waals surface area contributed by atoms with Crippen molar-refractivity contribution in [3.8, 4) is 17.2 Å². The Hall–Kier alpha value is -1.09. The molecule has 0 spiro atoms. The van der Waals surface area contributed by atoms with Crippen molar-refractivity contribution in [3.05, 3.63) is 16.7 Å². The number of benzene rings is 1. The number of halogens is 1. The Kier molecular flexibility index (Phi) is 2.88. The van der Waals surface area contributed by atoms with Gasteiger partial charge in [0.25, 0.3) is 0 Å². The van der Waals surface area contributed by atoms with Crippen LogP contribution in [0.1, 0.15) is 12.5 Å². The molecule has 0 heterocycles. The predicted octanol–water partition coefficient (Wildman–Crippen LogP) is 2.46. The van der Waals surface area contributed by atoms with Gasteiger partial charge < -0.3 is 14.9 Å². The maximum absolute atomic E-state index is 9.47. The lowest BCUT2D eigenvalue weighted by molar-refractivity contribution is 0.313. The van der Waals surface area contributed by atoms with Gasteiger partial charge in [0.2, 0.25) is 0 Å². The Morgan fingerprint density at radius 3 is 2.62 bits per heavy atom. The Morgan fingerprint density at radius 2 is 2.08 bits per heavy atom. The number of rotatable bonds is 2. The van der Waals surface area contributed by atoms with E-state index < -0.39 is 0 Å². The first kappa shape index (κ1) is 9.99. The highest BCUT2D eigenvalue weighted by molar-refractivity contribution is 6.32. The summed E-state index contributed by atoms with van der Waals surface area (Å²) in [5.41, 5.74) is 0.490. The normalized spacial score (nSPS) is 10.1. The van der Waals surface area contributed by atoms with Crippen LogP contribution in [0.15, 0.2) is 6.07 Å². The fraction of sp³-hybridized carbons (Fsp3) is 0.333. The molecule has 4 heteroatoms.